The van der Waals surface area contributed by atoms with E-state index in [1.807, 2.05) is 34.8 Å². The summed E-state index contributed by atoms with van der Waals surface area (Å²) in [7, 11) is 0. The van der Waals surface area contributed by atoms with E-state index in [1.54, 1.807) is 12.5 Å². The number of piperazine rings is 1. The second kappa shape index (κ2) is 10.0. The molecule has 0 radical (unpaired) electrons. The Morgan fingerprint density at radius 3 is 2.57 bits per heavy atom. The number of rotatable bonds is 7. The number of nitrogens with one attached hydrogen (secondary N) is 1. The largest absolute Gasteiger partial charge is 0.362 e. The van der Waals surface area contributed by atoms with Gasteiger partial charge in [0.15, 0.2) is 5.65 Å². The summed E-state index contributed by atoms with van der Waals surface area (Å²) in [5.41, 5.74) is 5.84. The summed E-state index contributed by atoms with van der Waals surface area (Å²) in [4.78, 5) is 26.3. The molecule has 1 aromatic carbocycles. The van der Waals surface area contributed by atoms with E-state index in [4.69, 9.17) is 6.42 Å². The molecule has 2 bridgehead atoms. The molecule has 3 aromatic heterocycles. The van der Waals surface area contributed by atoms with Crippen molar-refractivity contribution in [2.75, 3.05) is 24.5 Å². The van der Waals surface area contributed by atoms with E-state index in [9.17, 15) is 4.79 Å². The van der Waals surface area contributed by atoms with Crippen LogP contribution >= 0.6 is 0 Å². The lowest BCUT2D eigenvalue weighted by Gasteiger charge is -2.42. The van der Waals surface area contributed by atoms with E-state index in [0.717, 1.165) is 54.1 Å². The highest BCUT2D eigenvalue weighted by Gasteiger charge is 2.41. The Bertz CT molecular complexity index is 1420. The second-order valence-corrected chi connectivity index (χ2v) is 9.69. The van der Waals surface area contributed by atoms with Gasteiger partial charge in [0.05, 0.1) is 11.4 Å². The summed E-state index contributed by atoms with van der Waals surface area (Å²) >= 11 is 0. The molecule has 2 aliphatic rings. The normalized spacial score (nSPS) is 18.8. The van der Waals surface area contributed by atoms with Gasteiger partial charge in [-0.1, -0.05) is 24.1 Å². The number of benzene rings is 1. The molecule has 186 valence electrons. The van der Waals surface area contributed by atoms with E-state index >= 15 is 0 Å². The molecule has 2 fully saturated rings. The first kappa shape index (κ1) is 23.2. The van der Waals surface area contributed by atoms with Crippen molar-refractivity contribution in [3.8, 4) is 23.6 Å². The molecule has 8 nitrogen and oxygen atoms in total. The van der Waals surface area contributed by atoms with Crippen LogP contribution in [0.5, 0.6) is 0 Å². The predicted molar refractivity (Wildman–Crippen MR) is 143 cm³/mol. The number of aromatic nitrogens is 4. The number of terminal acetylenes is 1. The number of fused-ring (bicyclic) bond motifs is 3. The van der Waals surface area contributed by atoms with Crippen molar-refractivity contribution >= 4 is 17.2 Å². The smallest absolute Gasteiger partial charge is 0.223 e. The number of amides is 1. The minimum Gasteiger partial charge on any atom is -0.362 e. The van der Waals surface area contributed by atoms with Crippen molar-refractivity contribution in [1.29, 1.82) is 0 Å². The zero-order chi connectivity index (χ0) is 25.2. The first-order valence-corrected chi connectivity index (χ1v) is 12.8. The summed E-state index contributed by atoms with van der Waals surface area (Å²) in [5, 5.41) is 7.65. The fourth-order valence-corrected chi connectivity index (χ4v) is 5.59. The number of pyridine rings is 2. The molecule has 0 saturated carbocycles. The van der Waals surface area contributed by atoms with Crippen molar-refractivity contribution < 1.29 is 4.79 Å². The van der Waals surface area contributed by atoms with Gasteiger partial charge in [-0.05, 0) is 49.2 Å². The Labute approximate surface area is 216 Å². The van der Waals surface area contributed by atoms with Crippen LogP contribution < -0.4 is 10.2 Å². The minimum atomic E-state index is 0.222. The number of hydrogen-bond donors (Lipinski definition) is 1. The zero-order valence-electron chi connectivity index (χ0n) is 20.6. The van der Waals surface area contributed by atoms with Crippen LogP contribution in [-0.4, -0.2) is 62.1 Å². The van der Waals surface area contributed by atoms with Crippen LogP contribution in [0.3, 0.4) is 0 Å². The van der Waals surface area contributed by atoms with Gasteiger partial charge in [-0.15, -0.1) is 6.42 Å². The van der Waals surface area contributed by atoms with Gasteiger partial charge in [-0.3, -0.25) is 9.78 Å². The fourth-order valence-electron chi connectivity index (χ4n) is 5.59. The lowest BCUT2D eigenvalue weighted by molar-refractivity contribution is -0.132. The topological polar surface area (TPSA) is 78.7 Å². The van der Waals surface area contributed by atoms with Crippen LogP contribution in [0.15, 0.2) is 67.1 Å². The Kier molecular flexibility index (Phi) is 6.29. The molecular weight excluding hydrogens is 462 g/mol. The van der Waals surface area contributed by atoms with E-state index in [1.165, 1.54) is 5.69 Å². The van der Waals surface area contributed by atoms with Crippen molar-refractivity contribution in [1.82, 2.24) is 29.8 Å². The number of anilines is 1. The van der Waals surface area contributed by atoms with Crippen LogP contribution in [0.4, 0.5) is 5.69 Å². The van der Waals surface area contributed by atoms with Gasteiger partial charge in [0, 0.05) is 67.7 Å². The quantitative estimate of drug-likeness (QED) is 0.316. The van der Waals surface area contributed by atoms with Crippen LogP contribution in [0.2, 0.25) is 0 Å². The third-order valence-corrected chi connectivity index (χ3v) is 7.43. The van der Waals surface area contributed by atoms with Crippen LogP contribution in [-0.2, 0) is 11.3 Å². The van der Waals surface area contributed by atoms with Gasteiger partial charge in [0.1, 0.15) is 6.33 Å². The zero-order valence-corrected chi connectivity index (χ0v) is 20.6. The first-order chi connectivity index (χ1) is 18.2. The minimum absolute atomic E-state index is 0.222. The first-order valence-electron chi connectivity index (χ1n) is 12.8. The monoisotopic (exact) mass is 491 g/mol. The molecule has 2 aliphatic heterocycles. The van der Waals surface area contributed by atoms with Crippen LogP contribution in [0.1, 0.15) is 30.5 Å². The van der Waals surface area contributed by atoms with E-state index in [0.29, 0.717) is 31.6 Å². The third-order valence-electron chi connectivity index (χ3n) is 7.43. The number of likely N-dealkylation sites (tertiary alicyclic amines) is 1. The molecule has 2 atom stereocenters. The Balaban J connectivity index is 1.03. The van der Waals surface area contributed by atoms with Crippen molar-refractivity contribution in [2.45, 2.75) is 37.9 Å². The molecule has 8 heteroatoms. The highest BCUT2D eigenvalue weighted by Crippen LogP contribution is 2.35. The molecule has 4 aromatic rings. The number of nitrogens with zero attached hydrogens (tertiary/aromatic N) is 6. The maximum absolute atomic E-state index is 13.0. The van der Waals surface area contributed by atoms with Crippen LogP contribution in [0.25, 0.3) is 16.9 Å². The van der Waals surface area contributed by atoms with Gasteiger partial charge in [-0.25, -0.2) is 9.50 Å². The summed E-state index contributed by atoms with van der Waals surface area (Å²) in [6.45, 7) is 2.85. The average molecular weight is 492 g/mol. The van der Waals surface area contributed by atoms with Crippen molar-refractivity contribution in [2.24, 2.45) is 0 Å². The summed E-state index contributed by atoms with van der Waals surface area (Å²) in [6, 6.07) is 19.1. The summed E-state index contributed by atoms with van der Waals surface area (Å²) in [6.07, 6.45) is 11.5. The molecular formula is C29H29N7O. The second-order valence-electron chi connectivity index (χ2n) is 9.69. The van der Waals surface area contributed by atoms with Gasteiger partial charge in [-0.2, -0.15) is 5.10 Å². The maximum atomic E-state index is 13.0. The van der Waals surface area contributed by atoms with Crippen molar-refractivity contribution in [3.63, 3.8) is 0 Å². The number of carbonyl (C=O) groups is 1. The highest BCUT2D eigenvalue weighted by molar-refractivity contribution is 5.77. The lowest BCUT2D eigenvalue weighted by Crippen LogP contribution is -2.55. The van der Waals surface area contributed by atoms with E-state index < -0.39 is 0 Å². The van der Waals surface area contributed by atoms with Crippen molar-refractivity contribution in [3.05, 3.63) is 78.4 Å². The van der Waals surface area contributed by atoms with Gasteiger partial charge in [0.25, 0.3) is 0 Å². The Morgan fingerprint density at radius 2 is 1.84 bits per heavy atom. The van der Waals surface area contributed by atoms with Gasteiger partial charge < -0.3 is 15.1 Å². The molecule has 2 saturated heterocycles. The fraction of sp³-hybridized carbons (Fsp3) is 0.310. The van der Waals surface area contributed by atoms with E-state index in [-0.39, 0.29) is 5.91 Å². The number of carbonyl (C=O) groups excluding carboxylic acids is 1. The molecule has 2 unspecified atom stereocenters. The maximum Gasteiger partial charge on any atom is 0.223 e. The molecule has 1 amide bonds. The van der Waals surface area contributed by atoms with Gasteiger partial charge >= 0.3 is 0 Å². The average Bonchev–Trinajstić information content (AvgIpc) is 3.53. The van der Waals surface area contributed by atoms with Gasteiger partial charge in [0.2, 0.25) is 5.91 Å². The SMILES string of the molecule is C#Cc1ccc(-c2ccc(N3C4CCC3CN(C(=O)CCNCc3cccc5ncnn35)C4)cc2)nc1. The highest BCUT2D eigenvalue weighted by atomic mass is 16.2. The lowest BCUT2D eigenvalue weighted by atomic mass is 10.1. The molecule has 37 heavy (non-hydrogen) atoms. The molecule has 0 aliphatic carbocycles. The Morgan fingerprint density at radius 1 is 1.03 bits per heavy atom. The van der Waals surface area contributed by atoms with Crippen LogP contribution in [0, 0.1) is 12.3 Å². The molecule has 6 rings (SSSR count). The standard InChI is InChI=1S/C29H29N7O/c1-2-21-6-13-27(31-16-21)22-7-9-23(10-8-22)35-25-11-12-26(35)19-34(18-25)29(37)14-15-30-17-24-4-3-5-28-32-20-33-36(24)28/h1,3-10,13,16,20,25-26,30H,11-12,14-15,17-19H2. The molecule has 5 heterocycles. The summed E-state index contributed by atoms with van der Waals surface area (Å²) < 4.78 is 1.82. The summed E-state index contributed by atoms with van der Waals surface area (Å²) in [5.74, 6) is 2.83. The van der Waals surface area contributed by atoms with E-state index in [2.05, 4.69) is 60.4 Å². The Hall–Kier alpha value is -4.22. The number of hydrogen-bond acceptors (Lipinski definition) is 6. The molecule has 1 N–H and O–H groups in total. The third kappa shape index (κ3) is 4.66. The predicted octanol–water partition coefficient (Wildman–Crippen LogP) is 3.13. The molecule has 0 spiro atoms.